The third-order valence-electron chi connectivity index (χ3n) is 6.61. The maximum Gasteiger partial charge on any atom is 0.244 e. The minimum Gasteiger partial charge on any atom is -0.324 e. The first-order chi connectivity index (χ1) is 15.8. The van der Waals surface area contributed by atoms with E-state index in [-0.39, 0.29) is 23.3 Å². The van der Waals surface area contributed by atoms with Crippen molar-refractivity contribution in [1.82, 2.24) is 4.31 Å². The highest BCUT2D eigenvalue weighted by Gasteiger charge is 2.29. The number of carbonyl (C=O) groups excluding carboxylic acids is 2. The van der Waals surface area contributed by atoms with Crippen molar-refractivity contribution < 1.29 is 18.0 Å². The van der Waals surface area contributed by atoms with Gasteiger partial charge in [-0.2, -0.15) is 4.31 Å². The molecule has 0 aliphatic carbocycles. The Balaban J connectivity index is 1.58. The van der Waals surface area contributed by atoms with Crippen molar-refractivity contribution in [3.63, 3.8) is 0 Å². The molecule has 0 unspecified atom stereocenters. The molecule has 176 valence electrons. The zero-order chi connectivity index (χ0) is 23.6. The lowest BCUT2D eigenvalue weighted by Gasteiger charge is -2.27. The van der Waals surface area contributed by atoms with Crippen molar-refractivity contribution in [2.24, 2.45) is 0 Å². The van der Waals surface area contributed by atoms with E-state index in [1.807, 2.05) is 32.0 Å². The van der Waals surface area contributed by atoms with Gasteiger partial charge in [-0.15, -0.1) is 0 Å². The van der Waals surface area contributed by atoms with Crippen LogP contribution >= 0.6 is 0 Å². The number of carbonyl (C=O) groups is 2. The molecule has 2 aliphatic heterocycles. The summed E-state index contributed by atoms with van der Waals surface area (Å²) in [6.45, 7) is 4.90. The van der Waals surface area contributed by atoms with Crippen LogP contribution < -0.4 is 10.2 Å². The van der Waals surface area contributed by atoms with Crippen molar-refractivity contribution >= 4 is 33.2 Å². The number of rotatable bonds is 5. The number of amides is 2. The topological polar surface area (TPSA) is 86.8 Å². The summed E-state index contributed by atoms with van der Waals surface area (Å²) in [4.78, 5) is 27.4. The van der Waals surface area contributed by atoms with Crippen LogP contribution in [0, 0.1) is 13.8 Å². The SMILES string of the molecule is Cc1cccc(NC(=O)CN2C(=O)CCCc3cc(S(=O)(=O)N4CCCCC4)ccc32)c1C. The number of sulfonamides is 1. The van der Waals surface area contributed by atoms with E-state index in [1.165, 1.54) is 4.90 Å². The van der Waals surface area contributed by atoms with Crippen molar-refractivity contribution in [2.45, 2.75) is 57.3 Å². The van der Waals surface area contributed by atoms with Gasteiger partial charge in [0.15, 0.2) is 0 Å². The maximum atomic E-state index is 13.1. The number of piperidine rings is 1. The molecule has 33 heavy (non-hydrogen) atoms. The summed E-state index contributed by atoms with van der Waals surface area (Å²) in [6, 6.07) is 10.6. The Labute approximate surface area is 195 Å². The smallest absolute Gasteiger partial charge is 0.244 e. The molecule has 2 aromatic carbocycles. The van der Waals surface area contributed by atoms with Crippen molar-refractivity contribution in [1.29, 1.82) is 0 Å². The Bertz CT molecular complexity index is 1170. The van der Waals surface area contributed by atoms with Gasteiger partial charge in [-0.3, -0.25) is 9.59 Å². The zero-order valence-electron chi connectivity index (χ0n) is 19.3. The van der Waals surface area contributed by atoms with E-state index in [0.29, 0.717) is 38.0 Å². The van der Waals surface area contributed by atoms with Crippen molar-refractivity contribution in [2.75, 3.05) is 29.9 Å². The van der Waals surface area contributed by atoms with Gasteiger partial charge in [0.1, 0.15) is 6.54 Å². The summed E-state index contributed by atoms with van der Waals surface area (Å²) in [5.41, 5.74) is 4.20. The van der Waals surface area contributed by atoms with Crippen LogP contribution in [0.5, 0.6) is 0 Å². The predicted molar refractivity (Wildman–Crippen MR) is 129 cm³/mol. The van der Waals surface area contributed by atoms with Crippen molar-refractivity contribution in [3.05, 3.63) is 53.1 Å². The van der Waals surface area contributed by atoms with Gasteiger partial charge in [-0.25, -0.2) is 8.42 Å². The Hall–Kier alpha value is -2.71. The molecule has 0 radical (unpaired) electrons. The fourth-order valence-electron chi connectivity index (χ4n) is 4.53. The number of hydrogen-bond acceptors (Lipinski definition) is 4. The number of nitrogens with one attached hydrogen (secondary N) is 1. The molecule has 0 saturated carbocycles. The summed E-state index contributed by atoms with van der Waals surface area (Å²) >= 11 is 0. The molecule has 0 atom stereocenters. The van der Waals surface area contributed by atoms with Crippen LogP contribution in [0.4, 0.5) is 11.4 Å². The molecule has 1 saturated heterocycles. The quantitative estimate of drug-likeness (QED) is 0.722. The van der Waals surface area contributed by atoms with E-state index in [2.05, 4.69) is 5.32 Å². The highest BCUT2D eigenvalue weighted by atomic mass is 32.2. The lowest BCUT2D eigenvalue weighted by atomic mass is 10.1. The predicted octanol–water partition coefficient (Wildman–Crippen LogP) is 3.79. The van der Waals surface area contributed by atoms with Gasteiger partial charge in [0.05, 0.1) is 4.90 Å². The molecular weight excluding hydrogens is 438 g/mol. The highest BCUT2D eigenvalue weighted by Crippen LogP contribution is 2.31. The van der Waals surface area contributed by atoms with Gasteiger partial charge in [-0.1, -0.05) is 18.6 Å². The second kappa shape index (κ2) is 9.65. The van der Waals surface area contributed by atoms with Gasteiger partial charge in [0, 0.05) is 30.9 Å². The monoisotopic (exact) mass is 469 g/mol. The van der Waals surface area contributed by atoms with Crippen LogP contribution in [0.1, 0.15) is 48.8 Å². The van der Waals surface area contributed by atoms with Crippen LogP contribution in [0.2, 0.25) is 0 Å². The number of aryl methyl sites for hydroxylation is 2. The third-order valence-corrected chi connectivity index (χ3v) is 8.51. The first-order valence-corrected chi connectivity index (χ1v) is 13.0. The molecule has 1 fully saturated rings. The van der Waals surface area contributed by atoms with Crippen LogP contribution in [0.3, 0.4) is 0 Å². The molecule has 0 bridgehead atoms. The average molecular weight is 470 g/mol. The number of fused-ring (bicyclic) bond motifs is 1. The molecule has 8 heteroatoms. The molecule has 0 aromatic heterocycles. The summed E-state index contributed by atoms with van der Waals surface area (Å²) in [6.07, 6.45) is 4.34. The minimum atomic E-state index is -3.56. The number of hydrogen-bond donors (Lipinski definition) is 1. The molecular formula is C25H31N3O4S. The lowest BCUT2D eigenvalue weighted by molar-refractivity contribution is -0.121. The number of nitrogens with zero attached hydrogens (tertiary/aromatic N) is 2. The Morgan fingerprint density at radius 1 is 1.00 bits per heavy atom. The van der Waals surface area contributed by atoms with Crippen LogP contribution in [0.15, 0.2) is 41.3 Å². The first kappa shape index (κ1) is 23.4. The molecule has 2 amide bonds. The standard InChI is InChI=1S/C25H31N3O4S/c1-18-8-6-10-22(19(18)2)26-24(29)17-28-23-13-12-21(16-20(23)9-7-11-25(28)30)33(31,32)27-14-4-3-5-15-27/h6,8,10,12-13,16H,3-5,7,9,11,14-15,17H2,1-2H3,(H,26,29). The van der Waals surface area contributed by atoms with Crippen molar-refractivity contribution in [3.8, 4) is 0 Å². The average Bonchev–Trinajstić information content (AvgIpc) is 2.95. The molecule has 2 aromatic rings. The summed E-state index contributed by atoms with van der Waals surface area (Å²) in [7, 11) is -3.56. The van der Waals surface area contributed by atoms with E-state index in [9.17, 15) is 18.0 Å². The Kier molecular flexibility index (Phi) is 6.86. The largest absolute Gasteiger partial charge is 0.324 e. The second-order valence-corrected chi connectivity index (χ2v) is 10.8. The van der Waals surface area contributed by atoms with Gasteiger partial charge in [0.25, 0.3) is 0 Å². The van der Waals surface area contributed by atoms with E-state index in [0.717, 1.165) is 41.6 Å². The van der Waals surface area contributed by atoms with Gasteiger partial charge in [0.2, 0.25) is 21.8 Å². The Morgan fingerprint density at radius 3 is 2.52 bits per heavy atom. The van der Waals surface area contributed by atoms with E-state index < -0.39 is 10.0 Å². The number of benzene rings is 2. The fourth-order valence-corrected chi connectivity index (χ4v) is 6.10. The number of anilines is 2. The van der Waals surface area contributed by atoms with E-state index >= 15 is 0 Å². The maximum absolute atomic E-state index is 13.1. The minimum absolute atomic E-state index is 0.114. The second-order valence-electron chi connectivity index (χ2n) is 8.88. The first-order valence-electron chi connectivity index (χ1n) is 11.6. The highest BCUT2D eigenvalue weighted by molar-refractivity contribution is 7.89. The Morgan fingerprint density at radius 2 is 1.76 bits per heavy atom. The molecule has 7 nitrogen and oxygen atoms in total. The van der Waals surface area contributed by atoms with E-state index in [1.54, 1.807) is 22.5 Å². The normalized spacial score (nSPS) is 17.4. The molecule has 4 rings (SSSR count). The molecule has 1 N–H and O–H groups in total. The lowest BCUT2D eigenvalue weighted by Crippen LogP contribution is -2.38. The fraction of sp³-hybridized carbons (Fsp3) is 0.440. The third kappa shape index (κ3) is 4.96. The van der Waals surface area contributed by atoms with Gasteiger partial charge >= 0.3 is 0 Å². The molecule has 2 heterocycles. The van der Waals surface area contributed by atoms with Gasteiger partial charge < -0.3 is 10.2 Å². The summed E-state index contributed by atoms with van der Waals surface area (Å²) in [5, 5.41) is 2.91. The van der Waals surface area contributed by atoms with Crippen LogP contribution in [0.25, 0.3) is 0 Å². The zero-order valence-corrected chi connectivity index (χ0v) is 20.1. The van der Waals surface area contributed by atoms with E-state index in [4.69, 9.17) is 0 Å². The van der Waals surface area contributed by atoms with Crippen LogP contribution in [-0.4, -0.2) is 44.2 Å². The van der Waals surface area contributed by atoms with Gasteiger partial charge in [-0.05, 0) is 80.5 Å². The summed E-state index contributed by atoms with van der Waals surface area (Å²) < 4.78 is 27.8. The summed E-state index contributed by atoms with van der Waals surface area (Å²) in [5.74, 6) is -0.411. The molecule has 0 spiro atoms. The molecule has 2 aliphatic rings. The van der Waals surface area contributed by atoms with Crippen LogP contribution in [-0.2, 0) is 26.0 Å².